The molecule has 0 radical (unpaired) electrons. The Bertz CT molecular complexity index is 1590. The topological polar surface area (TPSA) is 40.1 Å². The van der Waals surface area contributed by atoms with Gasteiger partial charge in [-0.1, -0.05) is 88.2 Å². The number of halogens is 2. The number of anilines is 1. The molecular weight excluding hydrogens is 614 g/mol. The van der Waals surface area contributed by atoms with Crippen molar-refractivity contribution >= 4 is 12.0 Å². The van der Waals surface area contributed by atoms with Gasteiger partial charge in [-0.05, 0) is 99.0 Å². The highest BCUT2D eigenvalue weighted by atomic mass is 19.1. The van der Waals surface area contributed by atoms with Gasteiger partial charge in [0.15, 0.2) is 6.23 Å². The zero-order chi connectivity index (χ0) is 35.0. The van der Waals surface area contributed by atoms with E-state index >= 15 is 0 Å². The van der Waals surface area contributed by atoms with Crippen LogP contribution in [0.4, 0.5) is 14.5 Å². The number of para-hydroxylation sites is 1. The maximum absolute atomic E-state index is 14.1. The first-order chi connectivity index (χ1) is 23.8. The van der Waals surface area contributed by atoms with Gasteiger partial charge in [0.25, 0.3) is 0 Å². The summed E-state index contributed by atoms with van der Waals surface area (Å²) < 4.78 is 33.1. The predicted molar refractivity (Wildman–Crippen MR) is 200 cm³/mol. The number of benzene rings is 3. The standard InChI is InChI=1S/C34H45FN4O.C8H9F/c1-5-7-8-9-17-31-27(4)36-25-37-34(31)40-30-19-21-38(22-20-30)33(13-6-2)39(32-18-11-10-14-26(32)3)24-28-15-12-16-29(35)23-28;1-2-7-4-3-5-8(9)6-7/h9-18,23,25,30,34H,5-8,19-22,24H2,1-4H3,(H,36,37);3-6H,2H2,1H3/b17-9-,33-13+;. The number of hydrogen-bond acceptors (Lipinski definition) is 5. The Labute approximate surface area is 293 Å². The number of rotatable bonds is 13. The lowest BCUT2D eigenvalue weighted by Gasteiger charge is -2.41. The normalized spacial score (nSPS) is 16.8. The van der Waals surface area contributed by atoms with E-state index in [1.54, 1.807) is 30.6 Å². The number of likely N-dealkylation sites (tertiary alicyclic amines) is 1. The van der Waals surface area contributed by atoms with Crippen LogP contribution in [-0.2, 0) is 17.7 Å². The van der Waals surface area contributed by atoms with E-state index in [0.717, 1.165) is 73.3 Å². The molecule has 49 heavy (non-hydrogen) atoms. The van der Waals surface area contributed by atoms with E-state index in [1.165, 1.54) is 36.4 Å². The zero-order valence-corrected chi connectivity index (χ0v) is 30.0. The van der Waals surface area contributed by atoms with Crippen molar-refractivity contribution in [3.8, 4) is 0 Å². The van der Waals surface area contributed by atoms with Crippen LogP contribution in [0.2, 0.25) is 0 Å². The Balaban J connectivity index is 0.000000520. The van der Waals surface area contributed by atoms with Gasteiger partial charge in [0, 0.05) is 36.6 Å². The number of aliphatic imine (C=N–C) groups is 1. The fraction of sp³-hybridized carbons (Fsp3) is 0.405. The van der Waals surface area contributed by atoms with Crippen LogP contribution in [0.15, 0.2) is 113 Å². The van der Waals surface area contributed by atoms with Gasteiger partial charge in [0.2, 0.25) is 0 Å². The summed E-state index contributed by atoms with van der Waals surface area (Å²) in [7, 11) is 0. The molecule has 0 saturated carbocycles. The van der Waals surface area contributed by atoms with E-state index in [0.29, 0.717) is 6.54 Å². The Kier molecular flexibility index (Phi) is 15.1. The van der Waals surface area contributed by atoms with E-state index in [4.69, 9.17) is 4.74 Å². The molecule has 3 aromatic rings. The summed E-state index contributed by atoms with van der Waals surface area (Å²) in [6.07, 6.45) is 15.5. The molecule has 2 aliphatic heterocycles. The average molecular weight is 669 g/mol. The maximum Gasteiger partial charge on any atom is 0.177 e. The van der Waals surface area contributed by atoms with Gasteiger partial charge >= 0.3 is 0 Å². The number of piperidine rings is 1. The number of aryl methyl sites for hydroxylation is 2. The number of nitrogens with zero attached hydrogens (tertiary/aromatic N) is 3. The van der Waals surface area contributed by atoms with Gasteiger partial charge < -0.3 is 19.9 Å². The molecule has 262 valence electrons. The highest BCUT2D eigenvalue weighted by molar-refractivity contribution is 5.61. The second kappa shape index (κ2) is 19.7. The van der Waals surface area contributed by atoms with Crippen molar-refractivity contribution in [3.63, 3.8) is 0 Å². The lowest BCUT2D eigenvalue weighted by molar-refractivity contribution is -0.0188. The number of hydrogen-bond donors (Lipinski definition) is 1. The lowest BCUT2D eigenvalue weighted by atomic mass is 10.1. The van der Waals surface area contributed by atoms with Crippen LogP contribution in [0.1, 0.15) is 82.9 Å². The van der Waals surface area contributed by atoms with Crippen molar-refractivity contribution in [2.75, 3.05) is 18.0 Å². The molecule has 5 nitrogen and oxygen atoms in total. The van der Waals surface area contributed by atoms with Gasteiger partial charge in [0.05, 0.1) is 12.4 Å². The third-order valence-corrected chi connectivity index (χ3v) is 8.90. The van der Waals surface area contributed by atoms with E-state index in [-0.39, 0.29) is 24.0 Å². The van der Waals surface area contributed by atoms with Crippen LogP contribution in [-0.4, -0.2) is 36.7 Å². The Hall–Kier alpha value is -4.23. The summed E-state index contributed by atoms with van der Waals surface area (Å²) in [6.45, 7) is 13.0. The van der Waals surface area contributed by atoms with Crippen LogP contribution >= 0.6 is 0 Å². The van der Waals surface area contributed by atoms with Crippen molar-refractivity contribution in [1.82, 2.24) is 10.2 Å². The highest BCUT2D eigenvalue weighted by Gasteiger charge is 2.28. The molecule has 5 rings (SSSR count). The van der Waals surface area contributed by atoms with Crippen molar-refractivity contribution < 1.29 is 13.5 Å². The quantitative estimate of drug-likeness (QED) is 0.184. The number of allylic oxidation sites excluding steroid dienone is 3. The first-order valence-corrected chi connectivity index (χ1v) is 17.9. The Morgan fingerprint density at radius 1 is 0.939 bits per heavy atom. The summed E-state index contributed by atoms with van der Waals surface area (Å²) in [5.41, 5.74) is 6.57. The van der Waals surface area contributed by atoms with Gasteiger partial charge in [-0.15, -0.1) is 0 Å². The van der Waals surface area contributed by atoms with Crippen molar-refractivity contribution in [2.45, 2.75) is 98.4 Å². The molecule has 2 aliphatic rings. The summed E-state index contributed by atoms with van der Waals surface area (Å²) >= 11 is 0. The number of nitrogens with one attached hydrogen (secondary N) is 1. The molecule has 7 heteroatoms. The number of ether oxygens (including phenoxy) is 1. The smallest absolute Gasteiger partial charge is 0.177 e. The first kappa shape index (κ1) is 37.6. The largest absolute Gasteiger partial charge is 0.358 e. The molecule has 1 unspecified atom stereocenters. The third kappa shape index (κ3) is 11.4. The molecule has 0 bridgehead atoms. The monoisotopic (exact) mass is 668 g/mol. The zero-order valence-electron chi connectivity index (χ0n) is 30.0. The van der Waals surface area contributed by atoms with Crippen LogP contribution in [0.25, 0.3) is 0 Å². The van der Waals surface area contributed by atoms with E-state index in [9.17, 15) is 8.78 Å². The highest BCUT2D eigenvalue weighted by Crippen LogP contribution is 2.31. The molecular formula is C42H54F2N4O. The molecule has 0 aromatic heterocycles. The van der Waals surface area contributed by atoms with Crippen LogP contribution in [0.3, 0.4) is 0 Å². The predicted octanol–water partition coefficient (Wildman–Crippen LogP) is 10.2. The minimum absolute atomic E-state index is 0.140. The fourth-order valence-corrected chi connectivity index (χ4v) is 6.13. The molecule has 2 heterocycles. The minimum atomic E-state index is -0.266. The average Bonchev–Trinajstić information content (AvgIpc) is 3.10. The second-order valence-corrected chi connectivity index (χ2v) is 12.7. The summed E-state index contributed by atoms with van der Waals surface area (Å²) in [5, 5.41) is 3.24. The van der Waals surface area contributed by atoms with Gasteiger partial charge in [-0.25, -0.2) is 13.8 Å². The van der Waals surface area contributed by atoms with Gasteiger partial charge in [-0.2, -0.15) is 0 Å². The molecule has 0 aliphatic carbocycles. The molecule has 1 N–H and O–H groups in total. The molecule has 1 atom stereocenters. The summed E-state index contributed by atoms with van der Waals surface area (Å²) in [4.78, 5) is 9.45. The second-order valence-electron chi connectivity index (χ2n) is 12.7. The van der Waals surface area contributed by atoms with Crippen molar-refractivity contribution in [2.24, 2.45) is 4.99 Å². The van der Waals surface area contributed by atoms with E-state index in [2.05, 4.69) is 90.3 Å². The lowest BCUT2D eigenvalue weighted by Crippen LogP contribution is -2.43. The molecule has 1 saturated heterocycles. The molecule has 3 aromatic carbocycles. The van der Waals surface area contributed by atoms with Crippen LogP contribution in [0, 0.1) is 18.6 Å². The number of unbranched alkanes of at least 4 members (excludes halogenated alkanes) is 2. The minimum Gasteiger partial charge on any atom is -0.358 e. The first-order valence-electron chi connectivity index (χ1n) is 17.9. The molecule has 0 amide bonds. The van der Waals surface area contributed by atoms with Crippen LogP contribution in [0.5, 0.6) is 0 Å². The van der Waals surface area contributed by atoms with E-state index < -0.39 is 0 Å². The Morgan fingerprint density at radius 3 is 2.27 bits per heavy atom. The summed E-state index contributed by atoms with van der Waals surface area (Å²) in [6, 6.07) is 22.0. The SMILES string of the molecule is CC/C=C(\N1CCC(OC2N=CNC(C)=C2/C=C\CCCC)CC1)N(Cc1cccc(F)c1)c1ccccc1C.CCc1cccc(F)c1. The van der Waals surface area contributed by atoms with Crippen molar-refractivity contribution in [3.05, 3.63) is 136 Å². The summed E-state index contributed by atoms with van der Waals surface area (Å²) in [5.74, 6) is 0.828. The van der Waals surface area contributed by atoms with Crippen LogP contribution < -0.4 is 10.2 Å². The van der Waals surface area contributed by atoms with E-state index in [1.807, 2.05) is 19.1 Å². The van der Waals surface area contributed by atoms with Gasteiger partial charge in [0.1, 0.15) is 17.5 Å². The fourth-order valence-electron chi connectivity index (χ4n) is 6.13. The third-order valence-electron chi connectivity index (χ3n) is 8.90. The van der Waals surface area contributed by atoms with Crippen molar-refractivity contribution in [1.29, 1.82) is 0 Å². The Morgan fingerprint density at radius 2 is 1.63 bits per heavy atom. The maximum atomic E-state index is 14.1. The van der Waals surface area contributed by atoms with Gasteiger partial charge in [-0.3, -0.25) is 0 Å². The molecule has 0 spiro atoms. The molecule has 1 fully saturated rings.